The van der Waals surface area contributed by atoms with Crippen molar-refractivity contribution in [1.29, 1.82) is 0 Å². The van der Waals surface area contributed by atoms with Gasteiger partial charge in [0.2, 0.25) is 0 Å². The van der Waals surface area contributed by atoms with Crippen LogP contribution in [0.4, 0.5) is 4.39 Å². The first-order valence-electron chi connectivity index (χ1n) is 9.10. The molecule has 2 aromatic rings. The monoisotopic (exact) mass is 397 g/mol. The van der Waals surface area contributed by atoms with Gasteiger partial charge in [-0.05, 0) is 53.2 Å². The molecular weight excluding hydrogens is 377 g/mol. The minimum absolute atomic E-state index is 0.170. The Bertz CT molecular complexity index is 935. The summed E-state index contributed by atoms with van der Waals surface area (Å²) >= 11 is 1.38. The molecule has 0 bridgehead atoms. The van der Waals surface area contributed by atoms with Crippen molar-refractivity contribution >= 4 is 28.9 Å². The molecule has 2 aromatic carbocycles. The molecule has 1 saturated heterocycles. The van der Waals surface area contributed by atoms with Crippen molar-refractivity contribution in [1.82, 2.24) is 9.80 Å². The maximum Gasteiger partial charge on any atom is 0.286 e. The topological polar surface area (TPSA) is 56.1 Å². The predicted molar refractivity (Wildman–Crippen MR) is 109 cm³/mol. The second kappa shape index (κ2) is 8.16. The smallest absolute Gasteiger partial charge is 0.286 e. The Hall–Kier alpha value is -2.64. The number of aromatic hydroxyl groups is 1. The highest BCUT2D eigenvalue weighted by Crippen LogP contribution is 2.31. The zero-order chi connectivity index (χ0) is 19.5. The largest absolute Gasteiger partial charge is 0.508 e. The van der Waals surface area contributed by atoms with Crippen molar-refractivity contribution < 1.29 is 14.3 Å². The number of nitrogens with zero attached hydrogens (tertiary/aromatic N) is 3. The van der Waals surface area contributed by atoms with Gasteiger partial charge in [-0.3, -0.25) is 9.69 Å². The first-order chi connectivity index (χ1) is 13.6. The van der Waals surface area contributed by atoms with Crippen molar-refractivity contribution in [2.75, 3.05) is 26.2 Å². The molecule has 2 aliphatic heterocycles. The molecule has 144 valence electrons. The number of aliphatic imine (C=N–C) groups is 1. The fraction of sp³-hybridized carbons (Fsp3) is 0.238. The normalized spacial score (nSPS) is 19.3. The van der Waals surface area contributed by atoms with Gasteiger partial charge in [0, 0.05) is 32.7 Å². The lowest BCUT2D eigenvalue weighted by atomic mass is 10.2. The lowest BCUT2D eigenvalue weighted by molar-refractivity contribution is -0.113. The molecule has 0 spiro atoms. The Kier molecular flexibility index (Phi) is 5.45. The van der Waals surface area contributed by atoms with Crippen molar-refractivity contribution in [3.63, 3.8) is 0 Å². The number of thioether (sulfide) groups is 1. The van der Waals surface area contributed by atoms with Gasteiger partial charge in [-0.2, -0.15) is 4.99 Å². The average molecular weight is 397 g/mol. The summed E-state index contributed by atoms with van der Waals surface area (Å²) < 4.78 is 13.0. The highest BCUT2D eigenvalue weighted by Gasteiger charge is 2.28. The standard InChI is InChI=1S/C21H20FN3O2S/c22-17-6-4-15(5-7-17)14-24-8-10-25(11-9-24)21-23-20(27)19(28-21)13-16-2-1-3-18(26)12-16/h1-7,12-13,26H,8-11,14H2/b19-13+. The van der Waals surface area contributed by atoms with Gasteiger partial charge >= 0.3 is 0 Å². The van der Waals surface area contributed by atoms with Gasteiger partial charge in [-0.1, -0.05) is 24.3 Å². The van der Waals surface area contributed by atoms with Crippen LogP contribution in [0.3, 0.4) is 0 Å². The van der Waals surface area contributed by atoms with Crippen molar-refractivity contribution in [2.24, 2.45) is 4.99 Å². The number of hydrogen-bond donors (Lipinski definition) is 1. The van der Waals surface area contributed by atoms with E-state index in [0.717, 1.165) is 49.0 Å². The van der Waals surface area contributed by atoms with Gasteiger partial charge < -0.3 is 10.0 Å². The molecule has 1 amide bonds. The van der Waals surface area contributed by atoms with E-state index in [1.54, 1.807) is 24.3 Å². The molecule has 0 saturated carbocycles. The maximum absolute atomic E-state index is 13.0. The maximum atomic E-state index is 13.0. The van der Waals surface area contributed by atoms with Crippen LogP contribution in [0.1, 0.15) is 11.1 Å². The molecule has 28 heavy (non-hydrogen) atoms. The van der Waals surface area contributed by atoms with E-state index in [-0.39, 0.29) is 17.5 Å². The summed E-state index contributed by atoms with van der Waals surface area (Å²) in [6.45, 7) is 4.09. The van der Waals surface area contributed by atoms with Crippen LogP contribution in [0.15, 0.2) is 58.4 Å². The van der Waals surface area contributed by atoms with Gasteiger partial charge in [0.05, 0.1) is 4.91 Å². The van der Waals surface area contributed by atoms with Crippen molar-refractivity contribution in [2.45, 2.75) is 6.54 Å². The van der Waals surface area contributed by atoms with E-state index in [1.165, 1.54) is 23.9 Å². The number of carbonyl (C=O) groups excluding carboxylic acids is 1. The SMILES string of the molecule is O=C1N=C(N2CCN(Cc3ccc(F)cc3)CC2)S/C1=C/c1cccc(O)c1. The molecule has 1 fully saturated rings. The number of piperazine rings is 1. The van der Waals surface area contributed by atoms with Crippen LogP contribution in [0.2, 0.25) is 0 Å². The molecule has 0 radical (unpaired) electrons. The van der Waals surface area contributed by atoms with Gasteiger partial charge in [0.15, 0.2) is 5.17 Å². The van der Waals surface area contributed by atoms with E-state index in [4.69, 9.17) is 0 Å². The van der Waals surface area contributed by atoms with E-state index in [1.807, 2.05) is 18.2 Å². The minimum Gasteiger partial charge on any atom is -0.508 e. The lowest BCUT2D eigenvalue weighted by Gasteiger charge is -2.35. The summed E-state index contributed by atoms with van der Waals surface area (Å²) in [5.74, 6) is -0.288. The predicted octanol–water partition coefficient (Wildman–Crippen LogP) is 3.32. The molecular formula is C21H20FN3O2S. The molecule has 5 nitrogen and oxygen atoms in total. The van der Waals surface area contributed by atoms with Crippen LogP contribution in [-0.2, 0) is 11.3 Å². The summed E-state index contributed by atoms with van der Waals surface area (Å²) in [7, 11) is 0. The van der Waals surface area contributed by atoms with Gasteiger partial charge in [0.1, 0.15) is 11.6 Å². The van der Waals surface area contributed by atoms with E-state index in [2.05, 4.69) is 14.8 Å². The summed E-state index contributed by atoms with van der Waals surface area (Å²) in [4.78, 5) is 21.5. The quantitative estimate of drug-likeness (QED) is 0.806. The Labute approximate surface area is 167 Å². The zero-order valence-corrected chi connectivity index (χ0v) is 16.0. The first kappa shape index (κ1) is 18.7. The van der Waals surface area contributed by atoms with E-state index >= 15 is 0 Å². The average Bonchev–Trinajstić information content (AvgIpc) is 3.05. The molecule has 2 heterocycles. The van der Waals surface area contributed by atoms with Crippen molar-refractivity contribution in [3.05, 3.63) is 70.4 Å². The number of carbonyl (C=O) groups is 1. The van der Waals surface area contributed by atoms with Crippen LogP contribution in [0.5, 0.6) is 5.75 Å². The minimum atomic E-state index is -0.239. The number of phenolic OH excluding ortho intramolecular Hbond substituents is 1. The molecule has 1 N–H and O–H groups in total. The van der Waals surface area contributed by atoms with E-state index in [9.17, 15) is 14.3 Å². The van der Waals surface area contributed by atoms with Crippen LogP contribution < -0.4 is 0 Å². The Morgan fingerprint density at radius 1 is 1.11 bits per heavy atom. The van der Waals surface area contributed by atoms with E-state index in [0.29, 0.717) is 4.91 Å². The van der Waals surface area contributed by atoms with Gasteiger partial charge in [0.25, 0.3) is 5.91 Å². The second-order valence-corrected chi connectivity index (χ2v) is 7.80. The van der Waals surface area contributed by atoms with Crippen LogP contribution in [0.25, 0.3) is 6.08 Å². The van der Waals surface area contributed by atoms with Gasteiger partial charge in [-0.15, -0.1) is 0 Å². The second-order valence-electron chi connectivity index (χ2n) is 6.79. The fourth-order valence-corrected chi connectivity index (χ4v) is 4.21. The van der Waals surface area contributed by atoms with E-state index < -0.39 is 0 Å². The zero-order valence-electron chi connectivity index (χ0n) is 15.2. The third-order valence-electron chi connectivity index (χ3n) is 4.74. The highest BCUT2D eigenvalue weighted by molar-refractivity contribution is 8.18. The Balaban J connectivity index is 1.34. The number of phenols is 1. The van der Waals surface area contributed by atoms with Crippen LogP contribution >= 0.6 is 11.8 Å². The summed E-state index contributed by atoms with van der Waals surface area (Å²) in [5, 5.41) is 10.3. The van der Waals surface area contributed by atoms with Crippen molar-refractivity contribution in [3.8, 4) is 5.75 Å². The summed E-state index contributed by atoms with van der Waals surface area (Å²) in [6, 6.07) is 13.4. The number of benzene rings is 2. The highest BCUT2D eigenvalue weighted by atomic mass is 32.2. The molecule has 0 aliphatic carbocycles. The van der Waals surface area contributed by atoms with Crippen LogP contribution in [0, 0.1) is 5.82 Å². The molecule has 0 atom stereocenters. The number of hydrogen-bond acceptors (Lipinski definition) is 5. The number of rotatable bonds is 3. The third-order valence-corrected chi connectivity index (χ3v) is 5.78. The molecule has 0 aromatic heterocycles. The lowest BCUT2D eigenvalue weighted by Crippen LogP contribution is -2.47. The molecule has 0 unspecified atom stereocenters. The number of amides is 1. The summed E-state index contributed by atoms with van der Waals surface area (Å²) in [6.07, 6.45) is 1.76. The molecule has 4 rings (SSSR count). The first-order valence-corrected chi connectivity index (χ1v) is 9.92. The van der Waals surface area contributed by atoms with Gasteiger partial charge in [-0.25, -0.2) is 4.39 Å². The molecule has 2 aliphatic rings. The van der Waals surface area contributed by atoms with Crippen LogP contribution in [-0.4, -0.2) is 52.2 Å². The third kappa shape index (κ3) is 4.43. The number of amidine groups is 1. The Morgan fingerprint density at radius 2 is 1.86 bits per heavy atom. The summed E-state index contributed by atoms with van der Waals surface area (Å²) in [5.41, 5.74) is 1.87. The number of halogens is 1. The Morgan fingerprint density at radius 3 is 2.57 bits per heavy atom. The fourth-order valence-electron chi connectivity index (χ4n) is 3.24. The molecule has 7 heteroatoms.